The molecule has 2 atom stereocenters. The van der Waals surface area contributed by atoms with Gasteiger partial charge in [0, 0.05) is 0 Å². The number of hydrogen-bond acceptors (Lipinski definition) is 5. The van der Waals surface area contributed by atoms with Crippen molar-refractivity contribution >= 4 is 21.6 Å². The Bertz CT molecular complexity index is 990. The molecule has 1 amide bonds. The predicted octanol–water partition coefficient (Wildman–Crippen LogP) is 3.44. The van der Waals surface area contributed by atoms with Crippen molar-refractivity contribution in [3.63, 3.8) is 0 Å². The molecule has 0 fully saturated rings. The normalized spacial score (nSPS) is 13.2. The summed E-state index contributed by atoms with van der Waals surface area (Å²) in [5.74, 6) is 1.02. The van der Waals surface area contributed by atoms with E-state index in [9.17, 15) is 13.2 Å². The fraction of sp³-hybridized carbons (Fsp3) is 0.435. The molecule has 8 heteroatoms. The van der Waals surface area contributed by atoms with Crippen LogP contribution in [0, 0.1) is 13.8 Å². The van der Waals surface area contributed by atoms with Gasteiger partial charge in [0.15, 0.2) is 0 Å². The minimum Gasteiger partial charge on any atom is -0.497 e. The number of benzene rings is 2. The monoisotopic (exact) mass is 448 g/mol. The Hall–Kier alpha value is -2.74. The fourth-order valence-electron chi connectivity index (χ4n) is 3.20. The van der Waals surface area contributed by atoms with E-state index in [2.05, 4.69) is 5.32 Å². The first-order valence-corrected chi connectivity index (χ1v) is 12.1. The number of carbonyl (C=O) groups is 1. The molecule has 0 saturated carbocycles. The van der Waals surface area contributed by atoms with Crippen molar-refractivity contribution in [3.8, 4) is 11.5 Å². The van der Waals surface area contributed by atoms with Gasteiger partial charge in [0.25, 0.3) is 0 Å². The largest absolute Gasteiger partial charge is 0.497 e. The molecule has 1 N–H and O–H groups in total. The van der Waals surface area contributed by atoms with Gasteiger partial charge in [0.05, 0.1) is 25.1 Å². The third-order valence-electron chi connectivity index (χ3n) is 5.02. The number of carbonyl (C=O) groups excluding carboxylic acids is 1. The second-order valence-corrected chi connectivity index (χ2v) is 9.51. The maximum absolute atomic E-state index is 13.0. The van der Waals surface area contributed by atoms with E-state index in [4.69, 9.17) is 9.47 Å². The number of nitrogens with zero attached hydrogens (tertiary/aromatic N) is 1. The standard InChI is InChI=1S/C23H32N2O5S/c1-7-22(25(31(6,27)28)19-9-8-16(2)17(3)14-19)23(26)24-18(4)15-30-21-12-10-20(29-5)11-13-21/h8-14,18,22H,7,15H2,1-6H3,(H,24,26)/t18-,22+/m1/s1. The van der Waals surface area contributed by atoms with Crippen LogP contribution in [0.1, 0.15) is 31.4 Å². The number of aryl methyl sites for hydroxylation is 2. The van der Waals surface area contributed by atoms with Gasteiger partial charge < -0.3 is 14.8 Å². The lowest BCUT2D eigenvalue weighted by atomic mass is 10.1. The number of anilines is 1. The van der Waals surface area contributed by atoms with Gasteiger partial charge in [0.2, 0.25) is 15.9 Å². The number of sulfonamides is 1. The maximum atomic E-state index is 13.0. The summed E-state index contributed by atoms with van der Waals surface area (Å²) in [5.41, 5.74) is 2.50. The molecule has 0 bridgehead atoms. The average Bonchev–Trinajstić information content (AvgIpc) is 2.72. The van der Waals surface area contributed by atoms with Gasteiger partial charge in [-0.1, -0.05) is 13.0 Å². The van der Waals surface area contributed by atoms with E-state index in [-0.39, 0.29) is 18.6 Å². The summed E-state index contributed by atoms with van der Waals surface area (Å²) >= 11 is 0. The number of amides is 1. The van der Waals surface area contributed by atoms with Crippen LogP contribution >= 0.6 is 0 Å². The van der Waals surface area contributed by atoms with E-state index >= 15 is 0 Å². The molecule has 0 unspecified atom stereocenters. The minimum absolute atomic E-state index is 0.247. The van der Waals surface area contributed by atoms with Gasteiger partial charge >= 0.3 is 0 Å². The van der Waals surface area contributed by atoms with Crippen molar-refractivity contribution in [2.24, 2.45) is 0 Å². The molecule has 2 aromatic carbocycles. The maximum Gasteiger partial charge on any atom is 0.244 e. The van der Waals surface area contributed by atoms with Crippen molar-refractivity contribution in [1.82, 2.24) is 5.32 Å². The van der Waals surface area contributed by atoms with Crippen molar-refractivity contribution < 1.29 is 22.7 Å². The molecular formula is C23H32N2O5S. The predicted molar refractivity (Wildman–Crippen MR) is 123 cm³/mol. The number of hydrogen-bond donors (Lipinski definition) is 1. The van der Waals surface area contributed by atoms with Gasteiger partial charge in [-0.15, -0.1) is 0 Å². The van der Waals surface area contributed by atoms with Gasteiger partial charge in [-0.2, -0.15) is 0 Å². The van der Waals surface area contributed by atoms with Crippen LogP contribution in [0.2, 0.25) is 0 Å². The third kappa shape index (κ3) is 6.62. The zero-order chi connectivity index (χ0) is 23.2. The van der Waals surface area contributed by atoms with E-state index in [0.717, 1.165) is 23.1 Å². The Balaban J connectivity index is 2.12. The lowest BCUT2D eigenvalue weighted by molar-refractivity contribution is -0.123. The van der Waals surface area contributed by atoms with E-state index in [1.165, 1.54) is 4.31 Å². The Morgan fingerprint density at radius 2 is 1.68 bits per heavy atom. The topological polar surface area (TPSA) is 84.9 Å². The molecule has 0 radical (unpaired) electrons. The molecule has 31 heavy (non-hydrogen) atoms. The molecule has 0 saturated heterocycles. The van der Waals surface area contributed by atoms with Crippen LogP contribution in [0.4, 0.5) is 5.69 Å². The number of ether oxygens (including phenoxy) is 2. The summed E-state index contributed by atoms with van der Waals surface area (Å²) in [6.45, 7) is 7.73. The molecular weight excluding hydrogens is 416 g/mol. The molecule has 0 aliphatic heterocycles. The molecule has 0 spiro atoms. The molecule has 2 rings (SSSR count). The molecule has 0 aliphatic rings. The van der Waals surface area contributed by atoms with Crippen LogP contribution in [-0.2, 0) is 14.8 Å². The lowest BCUT2D eigenvalue weighted by Gasteiger charge is -2.31. The van der Waals surface area contributed by atoms with Crippen LogP contribution in [0.3, 0.4) is 0 Å². The SMILES string of the molecule is CC[C@@H](C(=O)N[C@H](C)COc1ccc(OC)cc1)N(c1ccc(C)c(C)c1)S(C)(=O)=O. The number of methoxy groups -OCH3 is 1. The van der Waals surface area contributed by atoms with E-state index in [1.54, 1.807) is 50.4 Å². The first kappa shape index (κ1) is 24.5. The fourth-order valence-corrected chi connectivity index (χ4v) is 4.40. The number of nitrogens with one attached hydrogen (secondary N) is 1. The van der Waals surface area contributed by atoms with Crippen LogP contribution < -0.4 is 19.1 Å². The van der Waals surface area contributed by atoms with Crippen LogP contribution in [0.5, 0.6) is 11.5 Å². The first-order chi connectivity index (χ1) is 14.6. The van der Waals surface area contributed by atoms with Crippen molar-refractivity contribution in [2.75, 3.05) is 24.3 Å². The van der Waals surface area contributed by atoms with Crippen LogP contribution in [0.15, 0.2) is 42.5 Å². The van der Waals surface area contributed by atoms with E-state index in [1.807, 2.05) is 26.8 Å². The highest BCUT2D eigenvalue weighted by molar-refractivity contribution is 7.92. The van der Waals surface area contributed by atoms with Crippen molar-refractivity contribution in [3.05, 3.63) is 53.6 Å². The van der Waals surface area contributed by atoms with Crippen molar-refractivity contribution in [2.45, 2.75) is 46.2 Å². The third-order valence-corrected chi connectivity index (χ3v) is 6.20. The molecule has 0 aromatic heterocycles. The molecule has 0 heterocycles. The van der Waals surface area contributed by atoms with Gasteiger partial charge in [-0.25, -0.2) is 8.42 Å². The Kier molecular flexibility index (Phi) is 8.33. The van der Waals surface area contributed by atoms with Gasteiger partial charge in [-0.3, -0.25) is 9.10 Å². The second kappa shape index (κ2) is 10.5. The zero-order valence-corrected chi connectivity index (χ0v) is 19.8. The summed E-state index contributed by atoms with van der Waals surface area (Å²) < 4.78 is 37.2. The number of rotatable bonds is 10. The first-order valence-electron chi connectivity index (χ1n) is 10.2. The zero-order valence-electron chi connectivity index (χ0n) is 19.0. The Morgan fingerprint density at radius 1 is 1.06 bits per heavy atom. The molecule has 7 nitrogen and oxygen atoms in total. The smallest absolute Gasteiger partial charge is 0.244 e. The van der Waals surface area contributed by atoms with Crippen LogP contribution in [-0.4, -0.2) is 46.4 Å². The molecule has 2 aromatic rings. The quantitative estimate of drug-likeness (QED) is 0.602. The van der Waals surface area contributed by atoms with E-state index < -0.39 is 16.1 Å². The summed E-state index contributed by atoms with van der Waals surface area (Å²) in [6, 6.07) is 11.4. The van der Waals surface area contributed by atoms with Crippen LogP contribution in [0.25, 0.3) is 0 Å². The summed E-state index contributed by atoms with van der Waals surface area (Å²) in [6.07, 6.45) is 1.45. The highest BCUT2D eigenvalue weighted by Crippen LogP contribution is 2.25. The minimum atomic E-state index is -3.67. The lowest BCUT2D eigenvalue weighted by Crippen LogP contribution is -2.52. The van der Waals surface area contributed by atoms with E-state index in [0.29, 0.717) is 17.9 Å². The Morgan fingerprint density at radius 3 is 2.19 bits per heavy atom. The summed E-state index contributed by atoms with van der Waals surface area (Å²) in [5, 5.41) is 2.88. The molecule has 170 valence electrons. The second-order valence-electron chi connectivity index (χ2n) is 7.65. The van der Waals surface area contributed by atoms with Gasteiger partial charge in [-0.05, 0) is 74.7 Å². The average molecular weight is 449 g/mol. The highest BCUT2D eigenvalue weighted by atomic mass is 32.2. The molecule has 0 aliphatic carbocycles. The Labute approximate surface area is 185 Å². The van der Waals surface area contributed by atoms with Crippen molar-refractivity contribution in [1.29, 1.82) is 0 Å². The summed E-state index contributed by atoms with van der Waals surface area (Å²) in [7, 11) is -2.08. The highest BCUT2D eigenvalue weighted by Gasteiger charge is 2.32. The van der Waals surface area contributed by atoms with Gasteiger partial charge in [0.1, 0.15) is 24.1 Å². The summed E-state index contributed by atoms with van der Waals surface area (Å²) in [4.78, 5) is 13.0.